The topological polar surface area (TPSA) is 702 Å². The van der Waals surface area contributed by atoms with Crippen molar-refractivity contribution in [2.24, 2.45) is 28.2 Å². The number of ether oxygens (including phenoxy) is 4. The molecule has 5 aliphatic heterocycles. The molecule has 0 aromatic carbocycles. The van der Waals surface area contributed by atoms with Crippen LogP contribution in [0.3, 0.4) is 0 Å². The molecule has 19 N–H and O–H groups in total. The Kier molecular flexibility index (Phi) is 28.6. The highest BCUT2D eigenvalue weighted by Gasteiger charge is 2.54. The maximum atomic E-state index is 12.0. The number of aryl methyl sites for hydroxylation is 4. The van der Waals surface area contributed by atoms with Gasteiger partial charge in [-0.3, -0.25) is 39.1 Å². The summed E-state index contributed by atoms with van der Waals surface area (Å²) in [6, 6.07) is 0. The predicted octanol–water partition coefficient (Wildman–Crippen LogP) is -6.38. The Morgan fingerprint density at radius 3 is 1.05 bits per heavy atom. The average molecular weight is 1660 g/mol. The first-order chi connectivity index (χ1) is 45.3. The summed E-state index contributed by atoms with van der Waals surface area (Å²) in [4.78, 5) is 152. The first kappa shape index (κ1) is 85.0. The number of hydrogen-bond acceptors (Lipinski definition) is 36. The van der Waals surface area contributed by atoms with Crippen LogP contribution in [0.25, 0.3) is 0 Å². The van der Waals surface area contributed by atoms with E-state index in [1.807, 2.05) is 9.97 Å². The van der Waals surface area contributed by atoms with E-state index in [1.54, 1.807) is 0 Å². The second-order valence-electron chi connectivity index (χ2n) is 20.8. The molecule has 5 fully saturated rings. The average Bonchev–Trinajstić information content (AvgIpc) is 1.33. The lowest BCUT2D eigenvalue weighted by Crippen LogP contribution is -2.35. The molecule has 0 radical (unpaired) electrons. The van der Waals surface area contributed by atoms with E-state index < -0.39 is 212 Å². The van der Waals surface area contributed by atoms with Gasteiger partial charge in [-0.1, -0.05) is 0 Å². The standard InChI is InChI=1S/C10H13Cl2N2O6PS.C10H17N2O14P3S.C10H15N2O13P3S.C10H14N2O6/c1-14-2-4(9(17)13-10(14)18)8-7(16)6(15)5(20-8)3-19-21(11,12)22;1-12-2-4(9(15)11-10(12)16)8-7(14)6(13)5(24-8)3-23-29(22,30)26-28(20,21)25-27(17,18)19;1-12-2-4(9(15)11-10(12)16)8-7(14)6(13)5(22-8)3-21-28(29)24-26(17,18)23-27(19,20)25-28;1-12-2-4(9(16)11-10(12)17)8-7(15)6(14)5(3-13)18-8/h2,5-8,15-16H,3H2,1H3,(H,13,17,18);2,5-8,13-14H,3H2,1H3,(H,20,21)(H,22,30)(H,11,15,16)(H2,17,18,19);2,5-8,13-14H,3H2,1H3,(H,17,18)(H,19,20)(H,11,15,16);2,5-8,13-15H,3H2,1H3,(H,11,16,17)/t5-,6?,7+,8+;5-,6?,7+,8+,29?;2*5-,6?,7+,8+/m1111/s1. The van der Waals surface area contributed by atoms with Crippen LogP contribution in [0.15, 0.2) is 63.1 Å². The van der Waals surface area contributed by atoms with Gasteiger partial charge in [0.25, 0.3) is 22.2 Å². The molecule has 9 rings (SSSR count). The van der Waals surface area contributed by atoms with Crippen molar-refractivity contribution in [2.75, 3.05) is 26.4 Å². The van der Waals surface area contributed by atoms with Crippen molar-refractivity contribution in [2.45, 2.75) is 97.7 Å². The molecule has 8 unspecified atom stereocenters. The quantitative estimate of drug-likeness (QED) is 0.0412. The fourth-order valence-corrected chi connectivity index (χ4v) is 20.4. The molecule has 0 amide bonds. The minimum Gasteiger partial charge on any atom is -0.394 e. The lowest BCUT2D eigenvalue weighted by Gasteiger charge is -2.30. The normalized spacial score (nSPS) is 33.5. The smallest absolute Gasteiger partial charge is 0.394 e. The van der Waals surface area contributed by atoms with Crippen LogP contribution in [0.4, 0.5) is 0 Å². The monoisotopic (exact) mass is 1660 g/mol. The van der Waals surface area contributed by atoms with E-state index in [2.05, 4.69) is 55.1 Å². The van der Waals surface area contributed by atoms with Crippen molar-refractivity contribution >= 4 is 108 Å². The molecule has 99 heavy (non-hydrogen) atoms. The molecule has 0 saturated carbocycles. The van der Waals surface area contributed by atoms with E-state index in [0.717, 1.165) is 30.7 Å². The largest absolute Gasteiger partial charge is 0.488 e. The number of aromatic nitrogens is 8. The van der Waals surface area contributed by atoms with Crippen molar-refractivity contribution < 1.29 is 148 Å². The summed E-state index contributed by atoms with van der Waals surface area (Å²) in [7, 11) is -15.6. The molecular weight excluding hydrogens is 1600 g/mol. The number of halogens is 2. The molecule has 4 aromatic rings. The van der Waals surface area contributed by atoms with Gasteiger partial charge in [0, 0.05) is 53.0 Å². The van der Waals surface area contributed by atoms with Crippen LogP contribution < -0.4 is 45.0 Å². The van der Waals surface area contributed by atoms with Gasteiger partial charge in [0.2, 0.25) is 4.97 Å². The summed E-state index contributed by atoms with van der Waals surface area (Å²) < 4.78 is 106. The van der Waals surface area contributed by atoms with Gasteiger partial charge in [0.15, 0.2) is 0 Å². The Morgan fingerprint density at radius 1 is 0.485 bits per heavy atom. The molecule has 560 valence electrons. The number of aliphatic hydroxyl groups excluding tert-OH is 9. The summed E-state index contributed by atoms with van der Waals surface area (Å²) in [6.45, 7) is -11.2. The third kappa shape index (κ3) is 22.6. The van der Waals surface area contributed by atoms with Gasteiger partial charge in [-0.25, -0.2) is 50.4 Å². The molecule has 5 saturated heterocycles. The van der Waals surface area contributed by atoms with Gasteiger partial charge in [-0.05, 0) is 57.9 Å². The number of aromatic amines is 4. The highest BCUT2D eigenvalue weighted by atomic mass is 35.9. The van der Waals surface area contributed by atoms with Gasteiger partial charge < -0.3 is 126 Å². The first-order valence-corrected chi connectivity index (χ1v) is 42.3. The summed E-state index contributed by atoms with van der Waals surface area (Å²) in [5, 5.41) is 88.9. The molecule has 9 heterocycles. The van der Waals surface area contributed by atoms with Crippen molar-refractivity contribution in [3.63, 3.8) is 0 Å². The molecule has 0 aliphatic carbocycles. The van der Waals surface area contributed by atoms with Crippen LogP contribution in [-0.4, -0.2) is 213 Å². The number of hydrogen-bond donors (Lipinski definition) is 19. The lowest BCUT2D eigenvalue weighted by molar-refractivity contribution is -0.0233. The Balaban J connectivity index is 0.000000212. The zero-order chi connectivity index (χ0) is 74.9. The van der Waals surface area contributed by atoms with Gasteiger partial charge in [0.05, 0.1) is 48.7 Å². The summed E-state index contributed by atoms with van der Waals surface area (Å²) >= 11 is 25.0. The minimum atomic E-state index is -5.52. The number of nitrogens with zero attached hydrogens (tertiary/aromatic N) is 4. The van der Waals surface area contributed by atoms with Crippen molar-refractivity contribution in [1.29, 1.82) is 0 Å². The van der Waals surface area contributed by atoms with Crippen LogP contribution in [-0.2, 0) is 136 Å². The molecule has 47 nitrogen and oxygen atoms in total. The van der Waals surface area contributed by atoms with E-state index in [1.165, 1.54) is 40.6 Å². The SMILES string of the molecule is Cn1cc([C@@H]2O[C@H](CO)C(O)[C@@H]2O)c(=O)[nH]c1=O.Cn1cc([C@@H]2O[C@H](COP(=S)(Cl)Cl)C(O)[C@@H]2O)c(=O)[nH]c1=O.Cn1cc([C@@H]2O[C@H](COP(O)(=S)OP(=O)(O)OP(=O)(O)O)C(O)[C@@H]2O)c(=O)[nH]c1=O.Cn1cc([C@@H]2O[C@H](COP3(=S)OP(=O)(O)OP(=O)(O)O3)C(O)[C@@H]2O)c(=O)[nH]c1=O. The highest BCUT2D eigenvalue weighted by Crippen LogP contribution is 2.80. The second-order valence-corrected chi connectivity index (χ2v) is 40.2. The third-order valence-electron chi connectivity index (χ3n) is 13.6. The van der Waals surface area contributed by atoms with E-state index in [-0.39, 0.29) is 28.9 Å². The van der Waals surface area contributed by atoms with E-state index in [9.17, 15) is 117 Å². The van der Waals surface area contributed by atoms with E-state index in [4.69, 9.17) is 81.7 Å². The molecule has 5 aliphatic rings. The highest BCUT2D eigenvalue weighted by molar-refractivity contribution is 8.36. The molecule has 0 bridgehead atoms. The van der Waals surface area contributed by atoms with Crippen molar-refractivity contribution in [3.8, 4) is 0 Å². The zero-order valence-corrected chi connectivity index (χ0v) is 60.0. The lowest BCUT2D eigenvalue weighted by atomic mass is 10.0. The van der Waals surface area contributed by atoms with E-state index >= 15 is 0 Å². The second kappa shape index (κ2) is 33.3. The Bertz CT molecular complexity index is 4460. The number of H-pyrrole nitrogens is 4. The van der Waals surface area contributed by atoms with Crippen LogP contribution in [0.2, 0.25) is 0 Å². The third-order valence-corrected chi connectivity index (χ3v) is 26.6. The van der Waals surface area contributed by atoms with E-state index in [0.29, 0.717) is 0 Å². The number of rotatable bonds is 18. The van der Waals surface area contributed by atoms with Crippen molar-refractivity contribution in [1.82, 2.24) is 38.2 Å². The molecule has 4 aromatic heterocycles. The maximum Gasteiger partial charge on any atom is 0.488 e. The molecule has 0 spiro atoms. The molecule has 59 heteroatoms. The minimum absolute atomic E-state index is 0.00679. The number of phosphoric acid groups is 4. The number of nitrogens with one attached hydrogen (secondary N) is 4. The summed E-state index contributed by atoms with van der Waals surface area (Å²) in [5.41, 5.74) is -6.11. The predicted molar refractivity (Wildman–Crippen MR) is 336 cm³/mol. The van der Waals surface area contributed by atoms with Gasteiger partial charge in [-0.2, -0.15) is 8.62 Å². The van der Waals surface area contributed by atoms with Crippen LogP contribution >= 0.6 is 72.2 Å². The van der Waals surface area contributed by atoms with Crippen LogP contribution in [0.5, 0.6) is 0 Å². The Labute approximate surface area is 573 Å². The molecular formula is C40H59Cl2N8O39P7S3. The fraction of sp³-hybridized carbons (Fsp3) is 0.600. The molecule has 20 atom stereocenters. The summed E-state index contributed by atoms with van der Waals surface area (Å²) in [5.74, 6) is 0. The van der Waals surface area contributed by atoms with Gasteiger partial charge in [0.1, 0.15) is 97.7 Å². The van der Waals surface area contributed by atoms with Crippen LogP contribution in [0.1, 0.15) is 46.7 Å². The number of aliphatic hydroxyl groups is 9. The summed E-state index contributed by atoms with van der Waals surface area (Å²) in [6.07, 6.45) is -16.9. The maximum absolute atomic E-state index is 12.0. The fourth-order valence-electron chi connectivity index (χ4n) is 9.00. The van der Waals surface area contributed by atoms with Crippen molar-refractivity contribution in [3.05, 3.63) is 130 Å². The Morgan fingerprint density at radius 2 is 0.768 bits per heavy atom. The Hall–Kier alpha value is -2.91. The van der Waals surface area contributed by atoms with Gasteiger partial charge >= 0.3 is 67.5 Å². The van der Waals surface area contributed by atoms with Gasteiger partial charge in [-0.15, -0.1) is 0 Å². The van der Waals surface area contributed by atoms with Crippen LogP contribution in [0, 0.1) is 0 Å². The first-order valence-electron chi connectivity index (χ1n) is 26.6. The zero-order valence-electron chi connectivity index (χ0n) is 49.8.